The van der Waals surface area contributed by atoms with Gasteiger partial charge in [0.05, 0.1) is 34.2 Å². The fourth-order valence-electron chi connectivity index (χ4n) is 4.79. The first-order valence-electron chi connectivity index (χ1n) is 11.4. The number of rotatable bonds is 5. The number of ether oxygens (including phenoxy) is 1. The molecular weight excluding hydrogens is 472 g/mol. The second-order valence-electron chi connectivity index (χ2n) is 9.61. The van der Waals surface area contributed by atoms with Gasteiger partial charge in [-0.1, -0.05) is 11.6 Å². The predicted molar refractivity (Wildman–Crippen MR) is 133 cm³/mol. The Morgan fingerprint density at radius 2 is 1.97 bits per heavy atom. The Labute approximate surface area is 207 Å². The molecule has 0 aliphatic carbocycles. The van der Waals surface area contributed by atoms with E-state index < -0.39 is 0 Å². The highest BCUT2D eigenvalue weighted by atomic mass is 35.5. The van der Waals surface area contributed by atoms with Crippen LogP contribution in [0.2, 0.25) is 5.02 Å². The van der Waals surface area contributed by atoms with Crippen LogP contribution in [0.4, 0.5) is 0 Å². The molecule has 5 rings (SSSR count). The number of amides is 2. The van der Waals surface area contributed by atoms with Gasteiger partial charge in [0.1, 0.15) is 6.33 Å². The van der Waals surface area contributed by atoms with Gasteiger partial charge in [0.15, 0.2) is 0 Å². The number of fused-ring (bicyclic) bond motifs is 1. The van der Waals surface area contributed by atoms with Crippen molar-refractivity contribution < 1.29 is 14.3 Å². The molecule has 178 valence electrons. The Bertz CT molecular complexity index is 1270. The van der Waals surface area contributed by atoms with E-state index in [1.807, 2.05) is 18.2 Å². The van der Waals surface area contributed by atoms with E-state index in [0.29, 0.717) is 5.02 Å². The van der Waals surface area contributed by atoms with Gasteiger partial charge in [-0.15, -0.1) is 11.3 Å². The average molecular weight is 499 g/mol. The van der Waals surface area contributed by atoms with Gasteiger partial charge in [-0.05, 0) is 50.1 Å². The molecule has 0 unspecified atom stereocenters. The maximum atomic E-state index is 12.1. The zero-order valence-electron chi connectivity index (χ0n) is 19.5. The summed E-state index contributed by atoms with van der Waals surface area (Å²) in [7, 11) is 0. The van der Waals surface area contributed by atoms with Crippen molar-refractivity contribution in [1.82, 2.24) is 20.2 Å². The number of aromatic nitrogens is 2. The number of morpholine rings is 1. The minimum Gasteiger partial charge on any atom is -0.369 e. The fraction of sp³-hybridized carbons (Fsp3) is 0.440. The number of aryl methyl sites for hydroxylation is 1. The second kappa shape index (κ2) is 9.00. The SMILES string of the molecule is Cc1cc(Cl)cc(-c2ncnc3cc(CN4C(=O)CCC4=O)sc23)c1C[C@@H]1CNCC(C)(C)O1. The van der Waals surface area contributed by atoms with E-state index >= 15 is 0 Å². The molecule has 7 nitrogen and oxygen atoms in total. The lowest BCUT2D eigenvalue weighted by Gasteiger charge is -2.37. The molecule has 9 heteroatoms. The van der Waals surface area contributed by atoms with Crippen molar-refractivity contribution in [3.05, 3.63) is 45.6 Å². The fourth-order valence-corrected chi connectivity index (χ4v) is 6.17. The van der Waals surface area contributed by atoms with Gasteiger partial charge >= 0.3 is 0 Å². The highest BCUT2D eigenvalue weighted by Gasteiger charge is 2.31. The maximum Gasteiger partial charge on any atom is 0.230 e. The van der Waals surface area contributed by atoms with Crippen LogP contribution < -0.4 is 5.32 Å². The number of carbonyl (C=O) groups is 2. The molecular formula is C25H27ClN4O3S. The number of imide groups is 1. The van der Waals surface area contributed by atoms with E-state index in [1.165, 1.54) is 16.2 Å². The second-order valence-corrected chi connectivity index (χ2v) is 11.2. The van der Waals surface area contributed by atoms with Crippen molar-refractivity contribution >= 4 is 45.0 Å². The van der Waals surface area contributed by atoms with Crippen LogP contribution in [-0.4, -0.2) is 51.5 Å². The molecule has 2 aromatic heterocycles. The first-order chi connectivity index (χ1) is 16.2. The van der Waals surface area contributed by atoms with Crippen LogP contribution in [-0.2, 0) is 27.3 Å². The molecule has 0 saturated carbocycles. The number of nitrogens with one attached hydrogen (secondary N) is 1. The molecule has 0 spiro atoms. The molecule has 2 aliphatic rings. The molecule has 0 radical (unpaired) electrons. The highest BCUT2D eigenvalue weighted by Crippen LogP contribution is 2.38. The van der Waals surface area contributed by atoms with Crippen LogP contribution in [0.3, 0.4) is 0 Å². The Balaban J connectivity index is 1.53. The number of hydrogen-bond donors (Lipinski definition) is 1. The largest absolute Gasteiger partial charge is 0.369 e. The first kappa shape index (κ1) is 23.4. The lowest BCUT2D eigenvalue weighted by atomic mass is 9.93. The molecule has 4 heterocycles. The highest BCUT2D eigenvalue weighted by molar-refractivity contribution is 7.19. The number of carbonyl (C=O) groups excluding carboxylic acids is 2. The molecule has 2 fully saturated rings. The van der Waals surface area contributed by atoms with E-state index in [2.05, 4.69) is 36.1 Å². The van der Waals surface area contributed by atoms with Crippen LogP contribution in [0.1, 0.15) is 42.7 Å². The number of thiophene rings is 1. The Kier molecular flexibility index (Phi) is 6.18. The monoisotopic (exact) mass is 498 g/mol. The molecule has 3 aromatic rings. The molecule has 1 aromatic carbocycles. The minimum atomic E-state index is -0.224. The average Bonchev–Trinajstić information content (AvgIpc) is 3.32. The Morgan fingerprint density at radius 1 is 1.21 bits per heavy atom. The van der Waals surface area contributed by atoms with Crippen molar-refractivity contribution in [2.24, 2.45) is 0 Å². The third-order valence-corrected chi connectivity index (χ3v) is 7.70. The number of nitrogens with zero attached hydrogens (tertiary/aromatic N) is 3. The number of halogens is 1. The van der Waals surface area contributed by atoms with Crippen molar-refractivity contribution in [2.45, 2.75) is 58.3 Å². The first-order valence-corrected chi connectivity index (χ1v) is 12.6. The quantitative estimate of drug-likeness (QED) is 0.528. The van der Waals surface area contributed by atoms with E-state index in [1.54, 1.807) is 6.33 Å². The summed E-state index contributed by atoms with van der Waals surface area (Å²) in [5, 5.41) is 4.12. The lowest BCUT2D eigenvalue weighted by Crippen LogP contribution is -2.51. The minimum absolute atomic E-state index is 0.0331. The molecule has 2 amide bonds. The summed E-state index contributed by atoms with van der Waals surface area (Å²) in [6, 6.07) is 5.88. The molecule has 0 bridgehead atoms. The van der Waals surface area contributed by atoms with Gasteiger partial charge in [0, 0.05) is 47.8 Å². The molecule has 1 N–H and O–H groups in total. The van der Waals surface area contributed by atoms with Crippen molar-refractivity contribution in [3.63, 3.8) is 0 Å². The third kappa shape index (κ3) is 4.60. The van der Waals surface area contributed by atoms with Crippen molar-refractivity contribution in [2.75, 3.05) is 13.1 Å². The summed E-state index contributed by atoms with van der Waals surface area (Å²) < 4.78 is 7.26. The van der Waals surface area contributed by atoms with Gasteiger partial charge in [0.25, 0.3) is 0 Å². The summed E-state index contributed by atoms with van der Waals surface area (Å²) in [6.07, 6.45) is 2.90. The molecule has 34 heavy (non-hydrogen) atoms. The zero-order valence-corrected chi connectivity index (χ0v) is 21.1. The summed E-state index contributed by atoms with van der Waals surface area (Å²) in [5.74, 6) is -0.240. The third-order valence-electron chi connectivity index (χ3n) is 6.36. The number of benzene rings is 1. The van der Waals surface area contributed by atoms with Crippen LogP contribution in [0.5, 0.6) is 0 Å². The molecule has 2 aliphatic heterocycles. The smallest absolute Gasteiger partial charge is 0.230 e. The van der Waals surface area contributed by atoms with Crippen LogP contribution in [0, 0.1) is 6.92 Å². The van der Waals surface area contributed by atoms with Crippen molar-refractivity contribution in [1.29, 1.82) is 0 Å². The van der Waals surface area contributed by atoms with Gasteiger partial charge in [-0.3, -0.25) is 14.5 Å². The topological polar surface area (TPSA) is 84.4 Å². The summed E-state index contributed by atoms with van der Waals surface area (Å²) in [6.45, 7) is 8.14. The lowest BCUT2D eigenvalue weighted by molar-refractivity contribution is -0.138. The normalized spacial score (nSPS) is 20.5. The van der Waals surface area contributed by atoms with Gasteiger partial charge in [-0.2, -0.15) is 0 Å². The van der Waals surface area contributed by atoms with E-state index in [0.717, 1.165) is 57.0 Å². The zero-order chi connectivity index (χ0) is 24.0. The number of likely N-dealkylation sites (tertiary alicyclic amines) is 1. The maximum absolute atomic E-state index is 12.1. The van der Waals surface area contributed by atoms with Crippen LogP contribution >= 0.6 is 22.9 Å². The number of hydrogen-bond acceptors (Lipinski definition) is 7. The van der Waals surface area contributed by atoms with Crippen LogP contribution in [0.25, 0.3) is 21.5 Å². The van der Waals surface area contributed by atoms with Gasteiger partial charge < -0.3 is 10.1 Å². The Morgan fingerprint density at radius 3 is 2.71 bits per heavy atom. The van der Waals surface area contributed by atoms with Gasteiger partial charge in [-0.25, -0.2) is 9.97 Å². The molecule has 2 saturated heterocycles. The summed E-state index contributed by atoms with van der Waals surface area (Å²) in [5.41, 5.74) is 4.58. The molecule has 1 atom stereocenters. The van der Waals surface area contributed by atoms with Crippen LogP contribution in [0.15, 0.2) is 24.5 Å². The van der Waals surface area contributed by atoms with E-state index in [9.17, 15) is 9.59 Å². The summed E-state index contributed by atoms with van der Waals surface area (Å²) >= 11 is 8.01. The van der Waals surface area contributed by atoms with E-state index in [4.69, 9.17) is 16.3 Å². The van der Waals surface area contributed by atoms with Gasteiger partial charge in [0.2, 0.25) is 11.8 Å². The van der Waals surface area contributed by atoms with Crippen molar-refractivity contribution in [3.8, 4) is 11.3 Å². The predicted octanol–water partition coefficient (Wildman–Crippen LogP) is 4.28. The summed E-state index contributed by atoms with van der Waals surface area (Å²) in [4.78, 5) is 35.5. The van der Waals surface area contributed by atoms with E-state index in [-0.39, 0.29) is 42.9 Å². The Hall–Kier alpha value is -2.39. The standard InChI is InChI=1S/C25H27ClN4O3S/c1-14-6-15(26)7-19(18(14)8-16-10-27-12-25(2,3)33-16)23-24-20(28-13-29-23)9-17(34-24)11-30-21(31)4-5-22(30)32/h6-7,9,13,16,27H,4-5,8,10-12H2,1-3H3/t16-/m1/s1.